The molecule has 0 saturated carbocycles. The summed E-state index contributed by atoms with van der Waals surface area (Å²) in [5, 5.41) is 12.3. The highest BCUT2D eigenvalue weighted by atomic mass is 14.9. The van der Waals surface area contributed by atoms with Crippen LogP contribution in [-0.2, 0) is 5.41 Å². The molecule has 1 saturated heterocycles. The monoisotopic (exact) mass is 225 g/mol. The predicted octanol–water partition coefficient (Wildman–Crippen LogP) is 1.61. The minimum atomic E-state index is 0.212. The Kier molecular flexibility index (Phi) is 2.45. The second-order valence-electron chi connectivity index (χ2n) is 4.91. The fourth-order valence-electron chi connectivity index (χ4n) is 2.96. The molecule has 0 aliphatic carbocycles. The van der Waals surface area contributed by atoms with Gasteiger partial charge in [0.25, 0.3) is 0 Å². The molecule has 17 heavy (non-hydrogen) atoms. The molecule has 0 radical (unpaired) electrons. The maximum absolute atomic E-state index is 8.94. The van der Waals surface area contributed by atoms with Crippen LogP contribution in [0, 0.1) is 11.3 Å². The van der Waals surface area contributed by atoms with Gasteiger partial charge in [-0.3, -0.25) is 4.99 Å². The van der Waals surface area contributed by atoms with Crippen LogP contribution < -0.4 is 5.32 Å². The summed E-state index contributed by atoms with van der Waals surface area (Å²) in [7, 11) is 0. The molecule has 2 heterocycles. The van der Waals surface area contributed by atoms with Crippen molar-refractivity contribution in [3.05, 3.63) is 34.9 Å². The zero-order chi connectivity index (χ0) is 11.7. The molecule has 1 N–H and O–H groups in total. The third kappa shape index (κ3) is 1.65. The van der Waals surface area contributed by atoms with E-state index in [-0.39, 0.29) is 5.41 Å². The Morgan fingerprint density at radius 3 is 2.88 bits per heavy atom. The average Bonchev–Trinajstić information content (AvgIpc) is 2.39. The van der Waals surface area contributed by atoms with Gasteiger partial charge in [0, 0.05) is 18.2 Å². The van der Waals surface area contributed by atoms with E-state index in [2.05, 4.69) is 22.4 Å². The van der Waals surface area contributed by atoms with E-state index in [4.69, 9.17) is 5.26 Å². The quantitative estimate of drug-likeness (QED) is 0.729. The molecule has 3 rings (SSSR count). The summed E-state index contributed by atoms with van der Waals surface area (Å²) >= 11 is 0. The Hall–Kier alpha value is -1.66. The molecule has 1 aromatic rings. The number of aliphatic imine (C=N–C) groups is 1. The highest BCUT2D eigenvalue weighted by molar-refractivity contribution is 5.84. The van der Waals surface area contributed by atoms with Gasteiger partial charge in [-0.05, 0) is 49.2 Å². The summed E-state index contributed by atoms with van der Waals surface area (Å²) in [6.07, 6.45) is 4.20. The fourth-order valence-corrected chi connectivity index (χ4v) is 2.96. The molecule has 3 heteroatoms. The van der Waals surface area contributed by atoms with Crippen LogP contribution in [0.3, 0.4) is 0 Å². The average molecular weight is 225 g/mol. The van der Waals surface area contributed by atoms with Gasteiger partial charge in [-0.1, -0.05) is 6.07 Å². The van der Waals surface area contributed by atoms with E-state index in [0.29, 0.717) is 0 Å². The van der Waals surface area contributed by atoms with E-state index in [1.54, 1.807) is 0 Å². The SMILES string of the molecule is N#Cc1ccc2c(c1)C=NCC21CCNCC1. The Balaban J connectivity index is 2.08. The van der Waals surface area contributed by atoms with Gasteiger partial charge in [0.2, 0.25) is 0 Å². The van der Waals surface area contributed by atoms with Crippen LogP contribution in [0.2, 0.25) is 0 Å². The van der Waals surface area contributed by atoms with Gasteiger partial charge >= 0.3 is 0 Å². The van der Waals surface area contributed by atoms with Crippen molar-refractivity contribution < 1.29 is 0 Å². The van der Waals surface area contributed by atoms with Gasteiger partial charge in [-0.15, -0.1) is 0 Å². The van der Waals surface area contributed by atoms with Gasteiger partial charge in [0.1, 0.15) is 0 Å². The van der Waals surface area contributed by atoms with Crippen LogP contribution in [0.25, 0.3) is 0 Å². The van der Waals surface area contributed by atoms with E-state index in [1.807, 2.05) is 18.3 Å². The number of nitrogens with one attached hydrogen (secondary N) is 1. The second kappa shape index (κ2) is 3.97. The highest BCUT2D eigenvalue weighted by Gasteiger charge is 2.36. The molecule has 86 valence electrons. The largest absolute Gasteiger partial charge is 0.317 e. The van der Waals surface area contributed by atoms with Crippen LogP contribution in [0.5, 0.6) is 0 Å². The summed E-state index contributed by atoms with van der Waals surface area (Å²) in [6, 6.07) is 8.22. The summed E-state index contributed by atoms with van der Waals surface area (Å²) in [5.74, 6) is 0. The molecular formula is C14H15N3. The minimum Gasteiger partial charge on any atom is -0.317 e. The molecule has 3 nitrogen and oxygen atoms in total. The van der Waals surface area contributed by atoms with Gasteiger partial charge in [-0.25, -0.2) is 0 Å². The third-order valence-electron chi connectivity index (χ3n) is 3.94. The molecule has 2 aliphatic heterocycles. The first-order valence-electron chi connectivity index (χ1n) is 6.09. The lowest BCUT2D eigenvalue weighted by Crippen LogP contribution is -2.43. The minimum absolute atomic E-state index is 0.212. The summed E-state index contributed by atoms with van der Waals surface area (Å²) < 4.78 is 0. The zero-order valence-corrected chi connectivity index (χ0v) is 9.74. The maximum Gasteiger partial charge on any atom is 0.0991 e. The Morgan fingerprint density at radius 2 is 2.12 bits per heavy atom. The van der Waals surface area contributed by atoms with E-state index in [0.717, 1.165) is 43.6 Å². The first kappa shape index (κ1) is 10.5. The van der Waals surface area contributed by atoms with Crippen LogP contribution in [0.15, 0.2) is 23.2 Å². The van der Waals surface area contributed by atoms with Crippen LogP contribution in [0.1, 0.15) is 29.5 Å². The van der Waals surface area contributed by atoms with Gasteiger partial charge in [-0.2, -0.15) is 5.26 Å². The van der Waals surface area contributed by atoms with Gasteiger partial charge in [0.15, 0.2) is 0 Å². The lowest BCUT2D eigenvalue weighted by molar-refractivity contribution is 0.314. The molecule has 1 fully saturated rings. The van der Waals surface area contributed by atoms with Crippen LogP contribution in [0.4, 0.5) is 0 Å². The summed E-state index contributed by atoms with van der Waals surface area (Å²) in [6.45, 7) is 3.03. The number of benzene rings is 1. The van der Waals surface area contributed by atoms with E-state index in [9.17, 15) is 0 Å². The Labute approximate surface area is 101 Å². The molecular weight excluding hydrogens is 210 g/mol. The Morgan fingerprint density at radius 1 is 1.29 bits per heavy atom. The number of hydrogen-bond acceptors (Lipinski definition) is 3. The van der Waals surface area contributed by atoms with Crippen molar-refractivity contribution in [2.45, 2.75) is 18.3 Å². The molecule has 0 amide bonds. The predicted molar refractivity (Wildman–Crippen MR) is 67.4 cm³/mol. The van der Waals surface area contributed by atoms with E-state index < -0.39 is 0 Å². The summed E-state index contributed by atoms with van der Waals surface area (Å²) in [4.78, 5) is 4.51. The first-order valence-corrected chi connectivity index (χ1v) is 6.09. The van der Waals surface area contributed by atoms with Crippen molar-refractivity contribution in [2.24, 2.45) is 4.99 Å². The highest BCUT2D eigenvalue weighted by Crippen LogP contribution is 2.37. The maximum atomic E-state index is 8.94. The Bertz CT molecular complexity index is 505. The molecule has 1 spiro atoms. The van der Waals surface area contributed by atoms with Crippen molar-refractivity contribution in [1.82, 2.24) is 5.32 Å². The molecule has 1 aromatic carbocycles. The van der Waals surface area contributed by atoms with Gasteiger partial charge in [0.05, 0.1) is 11.6 Å². The number of piperidine rings is 1. The van der Waals surface area contributed by atoms with Crippen LogP contribution >= 0.6 is 0 Å². The smallest absolute Gasteiger partial charge is 0.0991 e. The van der Waals surface area contributed by atoms with Crippen molar-refractivity contribution in [3.8, 4) is 6.07 Å². The van der Waals surface area contributed by atoms with Crippen molar-refractivity contribution in [2.75, 3.05) is 19.6 Å². The van der Waals surface area contributed by atoms with Crippen molar-refractivity contribution >= 4 is 6.21 Å². The number of nitriles is 1. The van der Waals surface area contributed by atoms with Crippen molar-refractivity contribution in [3.63, 3.8) is 0 Å². The molecule has 0 atom stereocenters. The molecule has 0 bridgehead atoms. The van der Waals surface area contributed by atoms with Gasteiger partial charge < -0.3 is 5.32 Å². The standard InChI is InChI=1S/C14H15N3/c15-8-11-1-2-13-12(7-11)9-17-10-14(13)3-5-16-6-4-14/h1-2,7,9,16H,3-6,10H2. The fraction of sp³-hybridized carbons (Fsp3) is 0.429. The number of hydrogen-bond donors (Lipinski definition) is 1. The normalized spacial score (nSPS) is 20.9. The first-order chi connectivity index (χ1) is 8.34. The number of nitrogens with zero attached hydrogens (tertiary/aromatic N) is 2. The number of fused-ring (bicyclic) bond motifs is 2. The van der Waals surface area contributed by atoms with E-state index in [1.165, 1.54) is 5.56 Å². The molecule has 0 aromatic heterocycles. The molecule has 0 unspecified atom stereocenters. The lowest BCUT2D eigenvalue weighted by Gasteiger charge is -2.39. The zero-order valence-electron chi connectivity index (χ0n) is 9.74. The topological polar surface area (TPSA) is 48.2 Å². The summed E-state index contributed by atoms with van der Waals surface area (Å²) in [5.41, 5.74) is 3.45. The number of rotatable bonds is 0. The molecule has 2 aliphatic rings. The lowest BCUT2D eigenvalue weighted by atomic mass is 9.70. The van der Waals surface area contributed by atoms with Crippen molar-refractivity contribution in [1.29, 1.82) is 5.26 Å². The van der Waals surface area contributed by atoms with E-state index >= 15 is 0 Å². The second-order valence-corrected chi connectivity index (χ2v) is 4.91. The van der Waals surface area contributed by atoms with Crippen LogP contribution in [-0.4, -0.2) is 25.8 Å². The third-order valence-corrected chi connectivity index (χ3v) is 3.94.